The summed E-state index contributed by atoms with van der Waals surface area (Å²) in [7, 11) is 0. The number of thioether (sulfide) groups is 1. The van der Waals surface area contributed by atoms with Gasteiger partial charge in [-0.25, -0.2) is 0 Å². The molecule has 2 aliphatic rings. The molecule has 0 bridgehead atoms. The number of ether oxygens (including phenoxy) is 1. The monoisotopic (exact) mass is 337 g/mol. The number of hydrogen-bond acceptors (Lipinski definition) is 3. The summed E-state index contributed by atoms with van der Waals surface area (Å²) in [4.78, 5) is 1.19. The zero-order valence-corrected chi connectivity index (χ0v) is 13.1. The van der Waals surface area contributed by atoms with Crippen LogP contribution in [0.15, 0.2) is 33.6 Å². The minimum Gasteiger partial charge on any atom is -0.381 e. The van der Waals surface area contributed by atoms with Crippen LogP contribution in [0.5, 0.6) is 0 Å². The van der Waals surface area contributed by atoms with Gasteiger partial charge in [-0.2, -0.15) is 5.26 Å². The standard InChI is InChI=1S/C15H16BrNOS/c16-12-1-3-13(4-2-12)19-15(11-17)9-14(10-15)5-7-18-8-6-14/h1-4H,5-10H2. The molecule has 1 aromatic carbocycles. The Morgan fingerprint density at radius 2 is 1.79 bits per heavy atom. The number of halogens is 1. The van der Waals surface area contributed by atoms with Crippen LogP contribution in [0.25, 0.3) is 0 Å². The third kappa shape index (κ3) is 2.69. The second-order valence-electron chi connectivity index (χ2n) is 5.63. The van der Waals surface area contributed by atoms with Gasteiger partial charge in [-0.05, 0) is 55.4 Å². The van der Waals surface area contributed by atoms with Gasteiger partial charge in [0.1, 0.15) is 4.75 Å². The summed E-state index contributed by atoms with van der Waals surface area (Å²) < 4.78 is 6.30. The van der Waals surface area contributed by atoms with E-state index in [0.29, 0.717) is 5.41 Å². The molecule has 0 N–H and O–H groups in total. The van der Waals surface area contributed by atoms with Crippen LogP contribution in [0.2, 0.25) is 0 Å². The summed E-state index contributed by atoms with van der Waals surface area (Å²) in [6.07, 6.45) is 4.27. The number of nitrogens with zero attached hydrogens (tertiary/aromatic N) is 1. The van der Waals surface area contributed by atoms with Crippen LogP contribution in [-0.4, -0.2) is 18.0 Å². The summed E-state index contributed by atoms with van der Waals surface area (Å²) in [5, 5.41) is 9.56. The lowest BCUT2D eigenvalue weighted by molar-refractivity contribution is -0.0364. The Hall–Kier alpha value is -0.500. The van der Waals surface area contributed by atoms with E-state index in [1.54, 1.807) is 11.8 Å². The first-order valence-electron chi connectivity index (χ1n) is 6.59. The normalized spacial score (nSPS) is 23.6. The van der Waals surface area contributed by atoms with Gasteiger partial charge in [-0.1, -0.05) is 15.9 Å². The maximum absolute atomic E-state index is 9.56. The van der Waals surface area contributed by atoms with Gasteiger partial charge in [0.15, 0.2) is 0 Å². The van der Waals surface area contributed by atoms with Gasteiger partial charge in [-0.3, -0.25) is 0 Å². The second kappa shape index (κ2) is 5.12. The third-order valence-corrected chi connectivity index (χ3v) is 6.01. The van der Waals surface area contributed by atoms with E-state index in [0.717, 1.165) is 43.4 Å². The molecule has 2 fully saturated rings. The fourth-order valence-corrected chi connectivity index (χ4v) is 5.01. The molecule has 0 amide bonds. The van der Waals surface area contributed by atoms with Crippen molar-refractivity contribution in [2.24, 2.45) is 5.41 Å². The molecule has 1 saturated heterocycles. The molecule has 19 heavy (non-hydrogen) atoms. The molecule has 0 atom stereocenters. The molecule has 0 radical (unpaired) electrons. The molecule has 1 heterocycles. The van der Waals surface area contributed by atoms with E-state index in [1.807, 2.05) is 12.1 Å². The first-order valence-corrected chi connectivity index (χ1v) is 8.20. The molecule has 1 aromatic rings. The van der Waals surface area contributed by atoms with Crippen LogP contribution in [0.3, 0.4) is 0 Å². The summed E-state index contributed by atoms with van der Waals surface area (Å²) in [6.45, 7) is 1.73. The Labute approximate surface area is 126 Å². The lowest BCUT2D eigenvalue weighted by Gasteiger charge is -2.54. The molecular weight excluding hydrogens is 322 g/mol. The van der Waals surface area contributed by atoms with E-state index in [1.165, 1.54) is 4.90 Å². The Kier molecular flexibility index (Phi) is 3.63. The molecule has 2 nitrogen and oxygen atoms in total. The van der Waals surface area contributed by atoms with Crippen molar-refractivity contribution in [2.75, 3.05) is 13.2 Å². The van der Waals surface area contributed by atoms with E-state index in [2.05, 4.69) is 34.1 Å². The zero-order chi connectivity index (χ0) is 13.3. The van der Waals surface area contributed by atoms with Crippen molar-refractivity contribution in [1.29, 1.82) is 5.26 Å². The SMILES string of the molecule is N#CC1(Sc2ccc(Br)cc2)CC2(CCOCC2)C1. The highest BCUT2D eigenvalue weighted by molar-refractivity contribution is 9.10. The minimum absolute atomic E-state index is 0.217. The summed E-state index contributed by atoms with van der Waals surface area (Å²) in [6, 6.07) is 10.8. The van der Waals surface area contributed by atoms with Gasteiger partial charge < -0.3 is 4.74 Å². The average molecular weight is 338 g/mol. The number of nitriles is 1. The van der Waals surface area contributed by atoms with Crippen LogP contribution >= 0.6 is 27.7 Å². The van der Waals surface area contributed by atoms with Crippen molar-refractivity contribution in [3.63, 3.8) is 0 Å². The van der Waals surface area contributed by atoms with Crippen LogP contribution in [0.1, 0.15) is 25.7 Å². The highest BCUT2D eigenvalue weighted by atomic mass is 79.9. The average Bonchev–Trinajstić information content (AvgIpc) is 2.40. The third-order valence-electron chi connectivity index (χ3n) is 4.21. The van der Waals surface area contributed by atoms with Gasteiger partial charge in [0.05, 0.1) is 6.07 Å². The maximum atomic E-state index is 9.56. The lowest BCUT2D eigenvalue weighted by atomic mass is 9.58. The fourth-order valence-electron chi connectivity index (χ4n) is 3.22. The van der Waals surface area contributed by atoms with Gasteiger partial charge in [0, 0.05) is 22.6 Å². The predicted molar refractivity (Wildman–Crippen MR) is 80.1 cm³/mol. The number of hydrogen-bond donors (Lipinski definition) is 0. The Balaban J connectivity index is 1.69. The summed E-state index contributed by atoms with van der Waals surface area (Å²) in [5.41, 5.74) is 0.385. The topological polar surface area (TPSA) is 33.0 Å². The molecule has 100 valence electrons. The van der Waals surface area contributed by atoms with Gasteiger partial charge in [0.2, 0.25) is 0 Å². The van der Waals surface area contributed by atoms with Crippen molar-refractivity contribution < 1.29 is 4.74 Å². The van der Waals surface area contributed by atoms with Crippen molar-refractivity contribution in [2.45, 2.75) is 35.3 Å². The molecule has 1 aliphatic carbocycles. The van der Waals surface area contributed by atoms with Crippen molar-refractivity contribution in [1.82, 2.24) is 0 Å². The Bertz CT molecular complexity index is 494. The van der Waals surface area contributed by atoms with Gasteiger partial charge in [0.25, 0.3) is 0 Å². The Morgan fingerprint density at radius 1 is 1.16 bits per heavy atom. The van der Waals surface area contributed by atoms with Crippen LogP contribution < -0.4 is 0 Å². The molecule has 3 rings (SSSR count). The van der Waals surface area contributed by atoms with Gasteiger partial charge in [-0.15, -0.1) is 11.8 Å². The fraction of sp³-hybridized carbons (Fsp3) is 0.533. The van der Waals surface area contributed by atoms with Crippen LogP contribution in [0, 0.1) is 16.7 Å². The molecule has 1 saturated carbocycles. The molecule has 4 heteroatoms. The highest BCUT2D eigenvalue weighted by Crippen LogP contribution is 2.61. The minimum atomic E-state index is -0.217. The first kappa shape index (κ1) is 13.5. The van der Waals surface area contributed by atoms with Crippen LogP contribution in [0.4, 0.5) is 0 Å². The number of benzene rings is 1. The van der Waals surface area contributed by atoms with E-state index < -0.39 is 0 Å². The van der Waals surface area contributed by atoms with Crippen molar-refractivity contribution >= 4 is 27.7 Å². The summed E-state index contributed by atoms with van der Waals surface area (Å²) >= 11 is 5.17. The maximum Gasteiger partial charge on any atom is 0.108 e. The predicted octanol–water partition coefficient (Wildman–Crippen LogP) is 4.39. The largest absolute Gasteiger partial charge is 0.381 e. The lowest BCUT2D eigenvalue weighted by Crippen LogP contribution is -2.51. The quantitative estimate of drug-likeness (QED) is 0.802. The molecule has 1 aliphatic heterocycles. The zero-order valence-electron chi connectivity index (χ0n) is 10.7. The summed E-state index contributed by atoms with van der Waals surface area (Å²) in [5.74, 6) is 0. The molecule has 1 spiro atoms. The second-order valence-corrected chi connectivity index (χ2v) is 8.00. The van der Waals surface area contributed by atoms with E-state index in [-0.39, 0.29) is 4.75 Å². The smallest absolute Gasteiger partial charge is 0.108 e. The highest BCUT2D eigenvalue weighted by Gasteiger charge is 2.55. The first-order chi connectivity index (χ1) is 9.15. The molecule has 0 aromatic heterocycles. The van der Waals surface area contributed by atoms with E-state index >= 15 is 0 Å². The van der Waals surface area contributed by atoms with Crippen LogP contribution in [-0.2, 0) is 4.74 Å². The van der Waals surface area contributed by atoms with Crippen molar-refractivity contribution in [3.05, 3.63) is 28.7 Å². The van der Waals surface area contributed by atoms with E-state index in [9.17, 15) is 5.26 Å². The molecular formula is C15H16BrNOS. The Morgan fingerprint density at radius 3 is 2.37 bits per heavy atom. The van der Waals surface area contributed by atoms with E-state index in [4.69, 9.17) is 4.74 Å². The van der Waals surface area contributed by atoms with Crippen molar-refractivity contribution in [3.8, 4) is 6.07 Å². The number of rotatable bonds is 2. The van der Waals surface area contributed by atoms with Gasteiger partial charge >= 0.3 is 0 Å². The molecule has 0 unspecified atom stereocenters.